The highest BCUT2D eigenvalue weighted by Crippen LogP contribution is 2.05. The summed E-state index contributed by atoms with van der Waals surface area (Å²) in [5, 5.41) is 3.79. The topological polar surface area (TPSA) is 76.0 Å². The quantitative estimate of drug-likeness (QED) is 0.792. The van der Waals surface area contributed by atoms with E-state index in [2.05, 4.69) is 15.8 Å². The lowest BCUT2D eigenvalue weighted by Crippen LogP contribution is -2.42. The molecule has 0 saturated carbocycles. The Kier molecular flexibility index (Phi) is 3.73. The zero-order chi connectivity index (χ0) is 13.0. The van der Waals surface area contributed by atoms with Crippen LogP contribution in [-0.2, 0) is 18.3 Å². The van der Waals surface area contributed by atoms with E-state index in [0.29, 0.717) is 0 Å². The van der Waals surface area contributed by atoms with Gasteiger partial charge in [0.05, 0.1) is 12.7 Å². The van der Waals surface area contributed by atoms with Gasteiger partial charge >= 0.3 is 0 Å². The smallest absolute Gasteiger partial charge is 0.289 e. The maximum Gasteiger partial charge on any atom is 0.289 e. The normalized spacial score (nSPS) is 10.1. The molecule has 2 aromatic heterocycles. The maximum atomic E-state index is 11.6. The lowest BCUT2D eigenvalue weighted by molar-refractivity contribution is -0.121. The van der Waals surface area contributed by atoms with Crippen LogP contribution in [0.5, 0.6) is 0 Å². The van der Waals surface area contributed by atoms with Crippen LogP contribution < -0.4 is 10.9 Å². The molecule has 0 aliphatic heterocycles. The predicted octanol–water partition coefficient (Wildman–Crippen LogP) is 0.485. The summed E-state index contributed by atoms with van der Waals surface area (Å²) in [7, 11) is 1.76. The van der Waals surface area contributed by atoms with Crippen molar-refractivity contribution >= 4 is 23.2 Å². The van der Waals surface area contributed by atoms with E-state index < -0.39 is 5.91 Å². The van der Waals surface area contributed by atoms with Crippen molar-refractivity contribution in [3.63, 3.8) is 0 Å². The molecule has 0 bridgehead atoms. The van der Waals surface area contributed by atoms with E-state index in [-0.39, 0.29) is 18.0 Å². The second kappa shape index (κ2) is 5.46. The van der Waals surface area contributed by atoms with Crippen LogP contribution in [0.15, 0.2) is 29.4 Å². The third-order valence-electron chi connectivity index (χ3n) is 2.20. The van der Waals surface area contributed by atoms with Crippen molar-refractivity contribution in [2.24, 2.45) is 7.05 Å². The molecule has 6 nitrogen and oxygen atoms in total. The second-order valence-corrected chi connectivity index (χ2v) is 4.52. The van der Waals surface area contributed by atoms with Crippen molar-refractivity contribution in [3.05, 3.63) is 40.6 Å². The zero-order valence-electron chi connectivity index (χ0n) is 9.71. The van der Waals surface area contributed by atoms with Crippen molar-refractivity contribution in [3.8, 4) is 0 Å². The number of thiophene rings is 1. The molecule has 7 heteroatoms. The summed E-state index contributed by atoms with van der Waals surface area (Å²) in [6.45, 7) is 0. The highest BCUT2D eigenvalue weighted by atomic mass is 32.1. The van der Waals surface area contributed by atoms with Crippen molar-refractivity contribution in [1.29, 1.82) is 0 Å². The standard InChI is InChI=1S/C11H12N4O2S/c1-15-5-9(12-7-15)11(17)14-13-10(16)4-8-2-3-18-6-8/h2-3,5-7H,4H2,1H3,(H,13,16)(H,14,17). The number of imidazole rings is 1. The molecule has 2 amide bonds. The summed E-state index contributed by atoms with van der Waals surface area (Å²) in [6, 6.07) is 1.87. The largest absolute Gasteiger partial charge is 0.340 e. The van der Waals surface area contributed by atoms with Crippen LogP contribution in [0.25, 0.3) is 0 Å². The van der Waals surface area contributed by atoms with Crippen molar-refractivity contribution in [2.45, 2.75) is 6.42 Å². The molecule has 94 valence electrons. The van der Waals surface area contributed by atoms with Crippen LogP contribution in [0.1, 0.15) is 16.1 Å². The first-order valence-electron chi connectivity index (χ1n) is 5.23. The number of carbonyl (C=O) groups excluding carboxylic acids is 2. The number of hydrogen-bond acceptors (Lipinski definition) is 4. The molecule has 2 rings (SSSR count). The first-order valence-corrected chi connectivity index (χ1v) is 6.17. The number of hydrogen-bond donors (Lipinski definition) is 2. The molecule has 0 aliphatic rings. The molecular formula is C11H12N4O2S. The van der Waals surface area contributed by atoms with Gasteiger partial charge in [-0.2, -0.15) is 11.3 Å². The van der Waals surface area contributed by atoms with Gasteiger partial charge in [-0.3, -0.25) is 20.4 Å². The minimum Gasteiger partial charge on any atom is -0.340 e. The summed E-state index contributed by atoms with van der Waals surface area (Å²) in [5.74, 6) is -0.702. The van der Waals surface area contributed by atoms with Gasteiger partial charge < -0.3 is 4.57 Å². The SMILES string of the molecule is Cn1cnc(C(=O)NNC(=O)Cc2ccsc2)c1. The number of aromatic nitrogens is 2. The van der Waals surface area contributed by atoms with Crippen LogP contribution in [-0.4, -0.2) is 21.4 Å². The van der Waals surface area contributed by atoms with Crippen LogP contribution in [0.2, 0.25) is 0 Å². The molecule has 18 heavy (non-hydrogen) atoms. The molecule has 0 unspecified atom stereocenters. The van der Waals surface area contributed by atoms with Gasteiger partial charge in [-0.05, 0) is 22.4 Å². The molecular weight excluding hydrogens is 252 g/mol. The molecule has 0 aliphatic carbocycles. The fourth-order valence-electron chi connectivity index (χ4n) is 1.34. The highest BCUT2D eigenvalue weighted by Gasteiger charge is 2.10. The van der Waals surface area contributed by atoms with Crippen molar-refractivity contribution in [1.82, 2.24) is 20.4 Å². The molecule has 0 aromatic carbocycles. The Morgan fingerprint density at radius 3 is 2.89 bits per heavy atom. The summed E-state index contributed by atoms with van der Waals surface area (Å²) >= 11 is 1.53. The minimum absolute atomic E-state index is 0.242. The molecule has 0 fully saturated rings. The third-order valence-corrected chi connectivity index (χ3v) is 2.93. The Balaban J connectivity index is 1.81. The Labute approximate surface area is 108 Å². The Morgan fingerprint density at radius 1 is 1.44 bits per heavy atom. The fourth-order valence-corrected chi connectivity index (χ4v) is 2.01. The lowest BCUT2D eigenvalue weighted by atomic mass is 10.2. The van der Waals surface area contributed by atoms with Gasteiger partial charge in [0.15, 0.2) is 0 Å². The van der Waals surface area contributed by atoms with Gasteiger partial charge in [0, 0.05) is 13.2 Å². The number of carbonyl (C=O) groups is 2. The summed E-state index contributed by atoms with van der Waals surface area (Å²) in [4.78, 5) is 26.9. The first-order chi connectivity index (χ1) is 8.65. The molecule has 2 N–H and O–H groups in total. The fraction of sp³-hybridized carbons (Fsp3) is 0.182. The molecule has 0 radical (unpaired) electrons. The molecule has 0 spiro atoms. The summed E-state index contributed by atoms with van der Waals surface area (Å²) < 4.78 is 1.65. The van der Waals surface area contributed by atoms with Crippen molar-refractivity contribution < 1.29 is 9.59 Å². The molecule has 2 heterocycles. The molecule has 0 saturated heterocycles. The number of nitrogens with one attached hydrogen (secondary N) is 2. The predicted molar refractivity (Wildman–Crippen MR) is 66.8 cm³/mol. The van der Waals surface area contributed by atoms with E-state index in [4.69, 9.17) is 0 Å². The number of nitrogens with zero attached hydrogens (tertiary/aromatic N) is 2. The van der Waals surface area contributed by atoms with Gasteiger partial charge in [-0.1, -0.05) is 0 Å². The van der Waals surface area contributed by atoms with E-state index in [1.54, 1.807) is 17.8 Å². The van der Waals surface area contributed by atoms with E-state index in [9.17, 15) is 9.59 Å². The number of rotatable bonds is 3. The Hall–Kier alpha value is -2.15. The van der Waals surface area contributed by atoms with Crippen LogP contribution in [0.4, 0.5) is 0 Å². The third kappa shape index (κ3) is 3.17. The highest BCUT2D eigenvalue weighted by molar-refractivity contribution is 7.07. The maximum absolute atomic E-state index is 11.6. The van der Waals surface area contributed by atoms with E-state index in [1.807, 2.05) is 16.8 Å². The first kappa shape index (κ1) is 12.3. The number of hydrazine groups is 1. The van der Waals surface area contributed by atoms with Gasteiger partial charge in [0.2, 0.25) is 5.91 Å². The van der Waals surface area contributed by atoms with Gasteiger partial charge in [0.1, 0.15) is 5.69 Å². The molecule has 0 atom stereocenters. The van der Waals surface area contributed by atoms with Crippen LogP contribution in [0.3, 0.4) is 0 Å². The average Bonchev–Trinajstić information content (AvgIpc) is 2.97. The van der Waals surface area contributed by atoms with Crippen LogP contribution >= 0.6 is 11.3 Å². The number of amides is 2. The Morgan fingerprint density at radius 2 is 2.28 bits per heavy atom. The Bertz CT molecular complexity index is 547. The van der Waals surface area contributed by atoms with Crippen LogP contribution in [0, 0.1) is 0 Å². The van der Waals surface area contributed by atoms with Crippen molar-refractivity contribution in [2.75, 3.05) is 0 Å². The van der Waals surface area contributed by atoms with Gasteiger partial charge in [-0.25, -0.2) is 4.98 Å². The van der Waals surface area contributed by atoms with E-state index in [0.717, 1.165) is 5.56 Å². The van der Waals surface area contributed by atoms with E-state index >= 15 is 0 Å². The summed E-state index contributed by atoms with van der Waals surface area (Å²) in [6.07, 6.45) is 3.33. The van der Waals surface area contributed by atoms with E-state index in [1.165, 1.54) is 17.7 Å². The molecule has 2 aromatic rings. The van der Waals surface area contributed by atoms with Gasteiger partial charge in [0.25, 0.3) is 5.91 Å². The average molecular weight is 264 g/mol. The monoisotopic (exact) mass is 264 g/mol. The minimum atomic E-state index is -0.436. The van der Waals surface area contributed by atoms with Gasteiger partial charge in [-0.15, -0.1) is 0 Å². The lowest BCUT2D eigenvalue weighted by Gasteiger charge is -2.04. The zero-order valence-corrected chi connectivity index (χ0v) is 10.5. The number of aryl methyl sites for hydroxylation is 1. The summed E-state index contributed by atoms with van der Waals surface area (Å²) in [5.41, 5.74) is 5.84. The second-order valence-electron chi connectivity index (χ2n) is 3.74.